The highest BCUT2D eigenvalue weighted by molar-refractivity contribution is 14.1. The van der Waals surface area contributed by atoms with Crippen LogP contribution in [0.3, 0.4) is 0 Å². The van der Waals surface area contributed by atoms with E-state index in [1.54, 1.807) is 67.1 Å². The van der Waals surface area contributed by atoms with Crippen molar-refractivity contribution >= 4 is 219 Å². The summed E-state index contributed by atoms with van der Waals surface area (Å²) in [5.41, 5.74) is 56.5. The first-order valence-corrected chi connectivity index (χ1v) is 39.5. The summed E-state index contributed by atoms with van der Waals surface area (Å²) in [7, 11) is 8.87. The van der Waals surface area contributed by atoms with Crippen molar-refractivity contribution in [3.05, 3.63) is 252 Å². The molecule has 1 saturated heterocycles. The Morgan fingerprint density at radius 2 is 1.08 bits per heavy atom. The van der Waals surface area contributed by atoms with Gasteiger partial charge in [0.05, 0.1) is 68.2 Å². The van der Waals surface area contributed by atoms with Crippen molar-refractivity contribution in [3.8, 4) is 11.8 Å². The van der Waals surface area contributed by atoms with E-state index in [4.69, 9.17) is 106 Å². The van der Waals surface area contributed by atoms with Gasteiger partial charge in [-0.1, -0.05) is 103 Å². The van der Waals surface area contributed by atoms with Gasteiger partial charge in [0.1, 0.15) is 51.3 Å². The topological polar surface area (TPSA) is 576 Å². The van der Waals surface area contributed by atoms with Gasteiger partial charge in [-0.25, -0.2) is 33.9 Å². The number of anilines is 8. The molecule has 13 aromatic rings. The van der Waals surface area contributed by atoms with Crippen LogP contribution in [0.1, 0.15) is 94.2 Å². The molecule has 4 amide bonds. The van der Waals surface area contributed by atoms with Crippen molar-refractivity contribution in [2.45, 2.75) is 67.2 Å². The van der Waals surface area contributed by atoms with Crippen LogP contribution >= 0.6 is 90.4 Å². The van der Waals surface area contributed by atoms with Crippen LogP contribution in [0.25, 0.3) is 38.7 Å². The molecule has 14 rings (SSSR count). The largest absolute Gasteiger partial charge is 0.478 e. The average molecular weight is 1860 g/mol. The van der Waals surface area contributed by atoms with Crippen molar-refractivity contribution in [3.63, 3.8) is 0 Å². The number of primary amides is 1. The van der Waals surface area contributed by atoms with Gasteiger partial charge in [-0.2, -0.15) is 20.6 Å². The lowest BCUT2D eigenvalue weighted by atomic mass is 10.1. The van der Waals surface area contributed by atoms with Crippen molar-refractivity contribution in [2.24, 2.45) is 5.73 Å². The van der Waals surface area contributed by atoms with Crippen molar-refractivity contribution in [1.29, 1.82) is 5.26 Å². The molecule has 0 bridgehead atoms. The molecule has 0 aliphatic carbocycles. The number of carbonyl (C=O) groups excluding carboxylic acids is 6. The second-order valence-electron chi connectivity index (χ2n) is 23.7. The first-order valence-electron chi connectivity index (χ1n) is 33.8. The Labute approximate surface area is 721 Å². The highest BCUT2D eigenvalue weighted by Crippen LogP contribution is 2.24. The zero-order chi connectivity index (χ0) is 88.5. The van der Waals surface area contributed by atoms with E-state index in [1.165, 1.54) is 30.8 Å². The number of imide groups is 1. The SMILES string of the molecule is CN1C(=O)CCC1=O.Cc1cccc(N)c1C(=O)Cl.Cc1cccc(N)c1C(=O)O.Cc1ccccc1-n1c(CCl)nc2cccc(C)c2c1=O.Cc1ccccc1N.Cc1ccccc1NC(=O)c1c(C)cccc1N.N#Cc1cn[nH]c1N.NC=O.Nc1ncnc2[nH]ncc12.Nc1ncnc2n[nH]c(I)c12.O=C(Cl)CCl.O=S(Cl)Cl. The predicted octanol–water partition coefficient (Wildman–Crippen LogP) is 12.9. The number of nitrogens with one attached hydrogen (secondary N) is 4. The number of carboxylic acids is 1. The van der Waals surface area contributed by atoms with Crippen LogP contribution in [0.2, 0.25) is 0 Å². The van der Waals surface area contributed by atoms with Crippen LogP contribution in [0.4, 0.5) is 45.9 Å². The smallest absolute Gasteiger partial charge is 0.338 e. The molecular weight excluding hydrogens is 1780 g/mol. The summed E-state index contributed by atoms with van der Waals surface area (Å²) in [4.78, 5) is 107. The number of nitriles is 1. The normalized spacial score (nSPS) is 10.4. The number of alkyl halides is 2. The molecule has 0 spiro atoms. The predicted molar refractivity (Wildman–Crippen MR) is 476 cm³/mol. The summed E-state index contributed by atoms with van der Waals surface area (Å²) in [5, 5.41) is 40.0. The number of nitrogens with two attached hydrogens (primary N) is 8. The van der Waals surface area contributed by atoms with Gasteiger partial charge in [0.15, 0.2) is 11.3 Å². The van der Waals surface area contributed by atoms with Gasteiger partial charge >= 0.3 is 5.97 Å². The van der Waals surface area contributed by atoms with Gasteiger partial charge in [0.2, 0.25) is 32.7 Å². The summed E-state index contributed by atoms with van der Waals surface area (Å²) >= 11 is 23.0. The summed E-state index contributed by atoms with van der Waals surface area (Å²) in [6, 6.07) is 46.5. The monoisotopic (exact) mass is 1860 g/mol. The van der Waals surface area contributed by atoms with Crippen molar-refractivity contribution in [1.82, 2.24) is 65.0 Å². The number of carboxylic acid groups (broad SMARTS) is 1. The van der Waals surface area contributed by atoms with Gasteiger partial charge in [-0.15, -0.1) is 23.2 Å². The van der Waals surface area contributed by atoms with E-state index < -0.39 is 25.7 Å². The second-order valence-corrected chi connectivity index (χ2v) is 28.6. The molecule has 33 nitrogen and oxygen atoms in total. The van der Waals surface area contributed by atoms with E-state index in [1.807, 2.05) is 144 Å². The maximum atomic E-state index is 12.9. The molecule has 0 saturated carbocycles. The standard InChI is InChI=1S/C17H15ClN2O.C15H16N2O.C8H8ClNO.C8H9NO2.C7H9N.C5H4IN5.C5H5N5.C5H7NO2.C4H4N4.C2H2Cl2O.CH3NO.Cl2OS/c1-11-6-3-4-9-14(11)20-15(10-18)19-13-8-5-7-12(2)16(13)17(20)21;1-10-6-3-4-9-13(10)17-15(18)14-11(2)7-5-8-12(14)16;1-5-3-2-4-6(10)7(5)8(9)11;1-5-3-2-4-6(9)7(5)8(10)11;1-6-4-2-3-5-7(6)8;6-3-2-4(7)8-1-9-5(2)11-10-3;6-4-3-1-9-10-5(3)8-2-7-4;1-6-4(7)2-3-5(6)8;5-1-3-2-7-8-4(3)6;3-1-2(4)5;2-1-3;1-4(2)3/h3-9H,10H2,1-2H3;3-9H,16H2,1-2H3,(H,17,18);2-4H,10H2,1H3;2-4H,9H2,1H3,(H,10,11);2-5H,8H2,1H3;1H,(H3,7,8,9,10,11);1-2H,(H3,6,7,8,9,10);2-3H2,1H3;2H,(H3,6,7,8);1H2;1H,(H2,2,3);. The molecule has 7 aromatic carbocycles. The third kappa shape index (κ3) is 32.0. The van der Waals surface area contributed by atoms with Gasteiger partial charge in [-0.3, -0.25) is 58.3 Å². The minimum absolute atomic E-state index is 0.0602. The van der Waals surface area contributed by atoms with Crippen molar-refractivity contribution < 1.29 is 42.9 Å². The third-order valence-corrected chi connectivity index (χ3v) is 17.3. The Morgan fingerprint density at radius 1 is 0.610 bits per heavy atom. The number of nitrogens with zero attached hydrogens (tertiary/aromatic N) is 11. The summed E-state index contributed by atoms with van der Waals surface area (Å²) < 4.78 is 11.6. The van der Waals surface area contributed by atoms with Crippen LogP contribution < -0.4 is 56.7 Å². The Kier molecular flexibility index (Phi) is 43.6. The number of carbonyl (C=O) groups is 7. The van der Waals surface area contributed by atoms with Gasteiger partial charge in [-0.05, 0) is 176 Å². The van der Waals surface area contributed by atoms with E-state index >= 15 is 0 Å². The fraction of sp³-hybridized carbons (Fsp3) is 0.156. The Balaban J connectivity index is 0.000000343. The number of aryl methyl sites for hydroxylation is 7. The van der Waals surface area contributed by atoms with Crippen LogP contribution in [0.5, 0.6) is 0 Å². The fourth-order valence-electron chi connectivity index (χ4n) is 9.72. The zero-order valence-electron chi connectivity index (χ0n) is 64.3. The van der Waals surface area contributed by atoms with Crippen LogP contribution in [-0.4, -0.2) is 128 Å². The van der Waals surface area contributed by atoms with Gasteiger partial charge < -0.3 is 56.3 Å². The lowest BCUT2D eigenvalue weighted by Gasteiger charge is -2.14. The summed E-state index contributed by atoms with van der Waals surface area (Å²) in [5.74, 6) is 0.647. The second kappa shape index (κ2) is 51.5. The number of rotatable bonds is 7. The molecule has 1 fully saturated rings. The van der Waals surface area contributed by atoms with E-state index in [2.05, 4.69) is 111 Å². The maximum Gasteiger partial charge on any atom is 0.338 e. The first kappa shape index (κ1) is 99.8. The van der Waals surface area contributed by atoms with Gasteiger partial charge in [0.25, 0.3) is 16.7 Å². The number of H-pyrrole nitrogens is 3. The lowest BCUT2D eigenvalue weighted by Crippen LogP contribution is -2.24. The number of hydrogen-bond donors (Lipinski definition) is 13. The molecule has 7 heterocycles. The molecule has 6 aromatic heterocycles. The van der Waals surface area contributed by atoms with E-state index in [0.717, 1.165) is 64.9 Å². The maximum absolute atomic E-state index is 12.9. The molecule has 21 N–H and O–H groups in total. The number of para-hydroxylation sites is 3. The Morgan fingerprint density at radius 3 is 1.49 bits per heavy atom. The molecular formula is C77H82Cl6IN23O10S. The molecule has 0 unspecified atom stereocenters. The number of fused-ring (bicyclic) bond motifs is 3. The van der Waals surface area contributed by atoms with Crippen LogP contribution in [0.15, 0.2) is 175 Å². The quantitative estimate of drug-likeness (QED) is 0.0176. The molecule has 0 atom stereocenters. The van der Waals surface area contributed by atoms with E-state index in [-0.39, 0.29) is 47.0 Å². The minimum atomic E-state index is -1.67. The number of aromatic nitrogens is 12. The minimum Gasteiger partial charge on any atom is -0.478 e. The Hall–Kier alpha value is -12.4. The number of halogens is 7. The number of likely N-dealkylation sites (tertiary alicyclic amines) is 1. The molecule has 620 valence electrons. The molecule has 41 heteroatoms. The van der Waals surface area contributed by atoms with Crippen LogP contribution in [0, 0.1) is 63.5 Å². The number of amides is 4. The number of aromatic carboxylic acids is 1. The van der Waals surface area contributed by atoms with Gasteiger partial charge in [0, 0.05) is 69.7 Å². The fourth-order valence-corrected chi connectivity index (χ4v) is 10.8. The Bertz CT molecular complexity index is 5550. The number of hydrogen-bond acceptors (Lipinski definition) is 25. The van der Waals surface area contributed by atoms with Crippen molar-refractivity contribution in [2.75, 3.05) is 58.4 Å². The molecule has 0 radical (unpaired) electrons. The number of benzene rings is 7. The highest BCUT2D eigenvalue weighted by Gasteiger charge is 2.24. The summed E-state index contributed by atoms with van der Waals surface area (Å²) in [6.07, 6.45) is 6.83. The van der Waals surface area contributed by atoms with E-state index in [0.29, 0.717) is 97.6 Å². The van der Waals surface area contributed by atoms with Crippen LogP contribution in [-0.2, 0) is 34.3 Å². The molecule has 1 aliphatic heterocycles. The average Bonchev–Trinajstić information content (AvgIpc) is 1.01. The lowest BCUT2D eigenvalue weighted by molar-refractivity contribution is -0.136. The zero-order valence-corrected chi connectivity index (χ0v) is 71.8. The number of nitrogen functional groups attached to an aromatic ring is 7. The highest BCUT2D eigenvalue weighted by atomic mass is 127. The van der Waals surface area contributed by atoms with E-state index in [9.17, 15) is 33.6 Å². The molecule has 118 heavy (non-hydrogen) atoms. The summed E-state index contributed by atoms with van der Waals surface area (Å²) in [6.45, 7) is 13.2. The first-order chi connectivity index (χ1) is 55.9. The molecule has 1 aliphatic rings. The third-order valence-electron chi connectivity index (χ3n) is 15.6. The number of aromatic amines is 3.